The van der Waals surface area contributed by atoms with Crippen molar-refractivity contribution in [2.75, 3.05) is 13.1 Å². The Morgan fingerprint density at radius 3 is 2.57 bits per heavy atom. The summed E-state index contributed by atoms with van der Waals surface area (Å²) in [7, 11) is 0. The highest BCUT2D eigenvalue weighted by Gasteiger charge is 2.23. The second kappa shape index (κ2) is 8.30. The molecule has 1 atom stereocenters. The number of halogens is 1. The summed E-state index contributed by atoms with van der Waals surface area (Å²) in [5.41, 5.74) is 2.01. The van der Waals surface area contributed by atoms with Crippen molar-refractivity contribution in [1.82, 2.24) is 4.90 Å². The average molecular weight is 409 g/mol. The van der Waals surface area contributed by atoms with Gasteiger partial charge >= 0.3 is 5.63 Å². The maximum absolute atomic E-state index is 13.5. The lowest BCUT2D eigenvalue weighted by Crippen LogP contribution is -2.43. The number of aryl methyl sites for hydroxylation is 1. The average Bonchev–Trinajstić information content (AvgIpc) is 2.73. The third-order valence-corrected chi connectivity index (χ3v) is 5.52. The molecule has 1 amide bonds. The molecule has 0 aliphatic carbocycles. The fraction of sp³-hybridized carbons (Fsp3) is 0.333. The third kappa shape index (κ3) is 4.08. The first kappa shape index (κ1) is 20.1. The second-order valence-electron chi connectivity index (χ2n) is 7.74. The Kier molecular flexibility index (Phi) is 5.57. The van der Waals surface area contributed by atoms with Gasteiger partial charge in [-0.15, -0.1) is 0 Å². The lowest BCUT2D eigenvalue weighted by molar-refractivity contribution is -0.138. The van der Waals surface area contributed by atoms with Gasteiger partial charge in [-0.3, -0.25) is 4.79 Å². The summed E-state index contributed by atoms with van der Waals surface area (Å²) in [4.78, 5) is 26.6. The summed E-state index contributed by atoms with van der Waals surface area (Å²) in [6.07, 6.45) is 2.56. The standard InChI is InChI=1S/C24H24FNO4/c1-15-12-17(25)6-8-19(15)21-14-23(27)30-22-13-18(7-9-20(21)22)29-16(2)24(28)26-10-4-3-5-11-26/h6-9,12-14,16H,3-5,10-11H2,1-2H3/t16-/m1/s1. The van der Waals surface area contributed by atoms with Crippen LogP contribution < -0.4 is 10.4 Å². The van der Waals surface area contributed by atoms with Gasteiger partial charge in [0.15, 0.2) is 6.10 Å². The molecule has 2 aromatic carbocycles. The molecule has 0 saturated carbocycles. The number of ether oxygens (including phenoxy) is 1. The van der Waals surface area contributed by atoms with Gasteiger partial charge in [-0.1, -0.05) is 6.07 Å². The summed E-state index contributed by atoms with van der Waals surface area (Å²) < 4.78 is 24.7. The maximum atomic E-state index is 13.5. The van der Waals surface area contributed by atoms with E-state index in [1.807, 2.05) is 4.90 Å². The van der Waals surface area contributed by atoms with E-state index in [-0.39, 0.29) is 11.7 Å². The molecule has 5 nitrogen and oxygen atoms in total. The van der Waals surface area contributed by atoms with Gasteiger partial charge in [0.05, 0.1) is 0 Å². The zero-order valence-corrected chi connectivity index (χ0v) is 17.1. The SMILES string of the molecule is Cc1cc(F)ccc1-c1cc(=O)oc2cc(O[C@H](C)C(=O)N3CCCCC3)ccc12. The van der Waals surface area contributed by atoms with E-state index in [4.69, 9.17) is 9.15 Å². The molecule has 0 bridgehead atoms. The van der Waals surface area contributed by atoms with E-state index in [1.54, 1.807) is 38.1 Å². The predicted octanol–water partition coefficient (Wildman–Crippen LogP) is 4.69. The first-order valence-electron chi connectivity index (χ1n) is 10.2. The Bertz CT molecular complexity index is 1150. The zero-order chi connectivity index (χ0) is 21.3. The Morgan fingerprint density at radius 1 is 1.07 bits per heavy atom. The molecule has 1 aromatic heterocycles. The topological polar surface area (TPSA) is 59.8 Å². The number of carbonyl (C=O) groups excluding carboxylic acids is 1. The lowest BCUT2D eigenvalue weighted by Gasteiger charge is -2.29. The van der Waals surface area contributed by atoms with Gasteiger partial charge in [-0.2, -0.15) is 0 Å². The molecular weight excluding hydrogens is 385 g/mol. The Hall–Kier alpha value is -3.15. The minimum absolute atomic E-state index is 0.0352. The molecule has 6 heteroatoms. The van der Waals surface area contributed by atoms with Gasteiger partial charge in [-0.25, -0.2) is 9.18 Å². The Morgan fingerprint density at radius 2 is 1.83 bits per heavy atom. The number of fused-ring (bicyclic) bond motifs is 1. The number of hydrogen-bond donors (Lipinski definition) is 0. The van der Waals surface area contributed by atoms with E-state index in [2.05, 4.69) is 0 Å². The van der Waals surface area contributed by atoms with Crippen molar-refractivity contribution in [3.63, 3.8) is 0 Å². The first-order valence-corrected chi connectivity index (χ1v) is 10.2. The van der Waals surface area contributed by atoms with Crippen molar-refractivity contribution in [2.45, 2.75) is 39.2 Å². The summed E-state index contributed by atoms with van der Waals surface area (Å²) in [6.45, 7) is 5.05. The second-order valence-corrected chi connectivity index (χ2v) is 7.74. The highest BCUT2D eigenvalue weighted by molar-refractivity contribution is 5.94. The number of piperidine rings is 1. The van der Waals surface area contributed by atoms with Gasteiger partial charge in [0, 0.05) is 36.2 Å². The van der Waals surface area contributed by atoms with E-state index in [9.17, 15) is 14.0 Å². The Labute approximate surface area is 174 Å². The molecule has 30 heavy (non-hydrogen) atoms. The molecule has 2 heterocycles. The molecule has 4 rings (SSSR count). The van der Waals surface area contributed by atoms with E-state index in [0.29, 0.717) is 22.3 Å². The van der Waals surface area contributed by atoms with Crippen LogP contribution >= 0.6 is 0 Å². The van der Waals surface area contributed by atoms with E-state index in [0.717, 1.165) is 43.5 Å². The molecule has 0 unspecified atom stereocenters. The summed E-state index contributed by atoms with van der Waals surface area (Å²) >= 11 is 0. The first-order chi connectivity index (χ1) is 14.4. The zero-order valence-electron chi connectivity index (χ0n) is 17.1. The normalized spacial score (nSPS) is 15.2. The van der Waals surface area contributed by atoms with Crippen molar-refractivity contribution in [2.24, 2.45) is 0 Å². The maximum Gasteiger partial charge on any atom is 0.336 e. The summed E-state index contributed by atoms with van der Waals surface area (Å²) in [6, 6.07) is 11.0. The number of nitrogens with zero attached hydrogens (tertiary/aromatic N) is 1. The van der Waals surface area contributed by atoms with Crippen LogP contribution in [0.25, 0.3) is 22.1 Å². The molecule has 0 spiro atoms. The predicted molar refractivity (Wildman–Crippen MR) is 113 cm³/mol. The number of likely N-dealkylation sites (tertiary alicyclic amines) is 1. The van der Waals surface area contributed by atoms with Crippen molar-refractivity contribution in [3.05, 3.63) is 64.3 Å². The number of hydrogen-bond acceptors (Lipinski definition) is 4. The van der Waals surface area contributed by atoms with Gasteiger partial charge in [0.25, 0.3) is 5.91 Å². The number of rotatable bonds is 4. The molecule has 1 saturated heterocycles. The van der Waals surface area contributed by atoms with E-state index >= 15 is 0 Å². The van der Waals surface area contributed by atoms with Gasteiger partial charge < -0.3 is 14.1 Å². The van der Waals surface area contributed by atoms with Crippen LogP contribution in [0.4, 0.5) is 4.39 Å². The fourth-order valence-corrected chi connectivity index (χ4v) is 3.99. The van der Waals surface area contributed by atoms with Crippen molar-refractivity contribution in [3.8, 4) is 16.9 Å². The smallest absolute Gasteiger partial charge is 0.336 e. The van der Waals surface area contributed by atoms with Crippen LogP contribution in [0.5, 0.6) is 5.75 Å². The minimum atomic E-state index is -0.630. The molecule has 1 aliphatic rings. The highest BCUT2D eigenvalue weighted by Crippen LogP contribution is 2.32. The molecule has 3 aromatic rings. The van der Waals surface area contributed by atoms with Crippen LogP contribution in [-0.2, 0) is 4.79 Å². The van der Waals surface area contributed by atoms with Crippen molar-refractivity contribution in [1.29, 1.82) is 0 Å². The third-order valence-electron chi connectivity index (χ3n) is 5.52. The van der Waals surface area contributed by atoms with Crippen molar-refractivity contribution >= 4 is 16.9 Å². The molecule has 0 radical (unpaired) electrons. The van der Waals surface area contributed by atoms with Crippen LogP contribution in [0.15, 0.2) is 51.7 Å². The highest BCUT2D eigenvalue weighted by atomic mass is 19.1. The van der Waals surface area contributed by atoms with Crippen LogP contribution in [0.2, 0.25) is 0 Å². The van der Waals surface area contributed by atoms with Crippen LogP contribution in [-0.4, -0.2) is 30.0 Å². The minimum Gasteiger partial charge on any atom is -0.481 e. The van der Waals surface area contributed by atoms with Crippen LogP contribution in [0.1, 0.15) is 31.7 Å². The lowest BCUT2D eigenvalue weighted by atomic mass is 9.98. The monoisotopic (exact) mass is 409 g/mol. The fourth-order valence-electron chi connectivity index (χ4n) is 3.99. The van der Waals surface area contributed by atoms with Crippen LogP contribution in [0, 0.1) is 12.7 Å². The van der Waals surface area contributed by atoms with E-state index < -0.39 is 11.7 Å². The van der Waals surface area contributed by atoms with Gasteiger partial charge in [0.1, 0.15) is 17.1 Å². The van der Waals surface area contributed by atoms with Crippen LogP contribution in [0.3, 0.4) is 0 Å². The molecule has 0 N–H and O–H groups in total. The number of benzene rings is 2. The summed E-state index contributed by atoms with van der Waals surface area (Å²) in [5.74, 6) is 0.0926. The molecule has 1 aliphatic heterocycles. The van der Waals surface area contributed by atoms with Gasteiger partial charge in [-0.05, 0) is 68.5 Å². The Balaban J connectivity index is 1.64. The number of amides is 1. The molecule has 156 valence electrons. The van der Waals surface area contributed by atoms with E-state index in [1.165, 1.54) is 18.2 Å². The largest absolute Gasteiger partial charge is 0.481 e. The molecule has 1 fully saturated rings. The van der Waals surface area contributed by atoms with Gasteiger partial charge in [0.2, 0.25) is 0 Å². The molecular formula is C24H24FNO4. The van der Waals surface area contributed by atoms with Crippen molar-refractivity contribution < 1.29 is 18.3 Å². The summed E-state index contributed by atoms with van der Waals surface area (Å²) in [5, 5.41) is 0.715. The quantitative estimate of drug-likeness (QED) is 0.587. The number of carbonyl (C=O) groups is 1.